The van der Waals surface area contributed by atoms with Gasteiger partial charge >= 0.3 is 6.61 Å². The Bertz CT molecular complexity index is 569. The summed E-state index contributed by atoms with van der Waals surface area (Å²) in [6.45, 7) is 1.34. The molecule has 0 aromatic heterocycles. The van der Waals surface area contributed by atoms with Crippen LogP contribution in [0.5, 0.6) is 5.75 Å². The number of hydrogen-bond donors (Lipinski definition) is 1. The molecule has 0 fully saturated rings. The molecule has 2 aromatic rings. The van der Waals surface area contributed by atoms with Gasteiger partial charge in [0.2, 0.25) is 0 Å². The van der Waals surface area contributed by atoms with Crippen molar-refractivity contribution in [3.8, 4) is 5.75 Å². The van der Waals surface area contributed by atoms with E-state index in [2.05, 4.69) is 41.2 Å². The lowest BCUT2D eigenvalue weighted by Gasteiger charge is -2.17. The number of rotatable bonds is 6. The van der Waals surface area contributed by atoms with Crippen molar-refractivity contribution in [1.82, 2.24) is 0 Å². The average molecular weight is 291 g/mol. The maximum Gasteiger partial charge on any atom is 0.387 e. The number of halogens is 2. The van der Waals surface area contributed by atoms with E-state index >= 15 is 0 Å². The molecule has 0 heterocycles. The summed E-state index contributed by atoms with van der Waals surface area (Å²) in [7, 11) is 0. The van der Waals surface area contributed by atoms with Gasteiger partial charge in [-0.15, -0.1) is 0 Å². The van der Waals surface area contributed by atoms with Crippen LogP contribution >= 0.6 is 0 Å². The molecule has 0 aliphatic carbocycles. The quantitative estimate of drug-likeness (QED) is 0.806. The average Bonchev–Trinajstić information content (AvgIpc) is 2.47. The molecule has 1 unspecified atom stereocenters. The standard InChI is InChI=1S/C17H19F2NO/c1-3-13-7-9-14(10-8-13)12(2)20-15-5-4-6-16(11-15)21-17(18)19/h4-12,17,20H,3H2,1-2H3. The van der Waals surface area contributed by atoms with E-state index in [0.29, 0.717) is 0 Å². The zero-order valence-corrected chi connectivity index (χ0v) is 12.1. The van der Waals surface area contributed by atoms with Crippen molar-refractivity contribution in [1.29, 1.82) is 0 Å². The van der Waals surface area contributed by atoms with Gasteiger partial charge in [-0.05, 0) is 36.6 Å². The lowest BCUT2D eigenvalue weighted by molar-refractivity contribution is -0.0498. The summed E-state index contributed by atoms with van der Waals surface area (Å²) < 4.78 is 28.8. The van der Waals surface area contributed by atoms with Gasteiger partial charge in [0.05, 0.1) is 0 Å². The van der Waals surface area contributed by atoms with Crippen molar-refractivity contribution >= 4 is 5.69 Å². The summed E-state index contributed by atoms with van der Waals surface area (Å²) in [5.41, 5.74) is 3.19. The minimum atomic E-state index is -2.81. The Balaban J connectivity index is 2.05. The molecule has 4 heteroatoms. The first-order valence-electron chi connectivity index (χ1n) is 6.98. The molecule has 2 nitrogen and oxygen atoms in total. The third-order valence-corrected chi connectivity index (χ3v) is 3.33. The second-order valence-electron chi connectivity index (χ2n) is 4.87. The number of aryl methyl sites for hydroxylation is 1. The van der Waals surface area contributed by atoms with E-state index in [1.54, 1.807) is 12.1 Å². The Hall–Kier alpha value is -2.10. The summed E-state index contributed by atoms with van der Waals surface area (Å²) in [5, 5.41) is 3.28. The number of benzene rings is 2. The minimum absolute atomic E-state index is 0.0812. The molecule has 0 amide bonds. The van der Waals surface area contributed by atoms with Crippen LogP contribution in [-0.2, 0) is 6.42 Å². The van der Waals surface area contributed by atoms with Gasteiger partial charge in [0.25, 0.3) is 0 Å². The number of nitrogens with one attached hydrogen (secondary N) is 1. The lowest BCUT2D eigenvalue weighted by atomic mass is 10.0. The highest BCUT2D eigenvalue weighted by molar-refractivity contribution is 5.49. The van der Waals surface area contributed by atoms with Crippen LogP contribution in [0.15, 0.2) is 48.5 Å². The smallest absolute Gasteiger partial charge is 0.387 e. The molecule has 0 bridgehead atoms. The highest BCUT2D eigenvalue weighted by Crippen LogP contribution is 2.24. The van der Waals surface area contributed by atoms with Gasteiger partial charge in [-0.2, -0.15) is 8.78 Å². The van der Waals surface area contributed by atoms with Crippen LogP contribution in [0.3, 0.4) is 0 Å². The van der Waals surface area contributed by atoms with E-state index in [0.717, 1.165) is 17.7 Å². The predicted octanol–water partition coefficient (Wildman–Crippen LogP) is 5.02. The molecule has 0 spiro atoms. The first-order chi connectivity index (χ1) is 10.1. The van der Waals surface area contributed by atoms with E-state index in [-0.39, 0.29) is 11.8 Å². The summed E-state index contributed by atoms with van der Waals surface area (Å²) in [4.78, 5) is 0. The minimum Gasteiger partial charge on any atom is -0.435 e. The Morgan fingerprint density at radius 3 is 2.43 bits per heavy atom. The van der Waals surface area contributed by atoms with Crippen molar-refractivity contribution in [3.63, 3.8) is 0 Å². The molecular weight excluding hydrogens is 272 g/mol. The Morgan fingerprint density at radius 1 is 1.10 bits per heavy atom. The highest BCUT2D eigenvalue weighted by atomic mass is 19.3. The number of hydrogen-bond acceptors (Lipinski definition) is 2. The summed E-state index contributed by atoms with van der Waals surface area (Å²) in [6, 6.07) is 15.0. The lowest BCUT2D eigenvalue weighted by Crippen LogP contribution is -2.07. The first-order valence-corrected chi connectivity index (χ1v) is 6.98. The van der Waals surface area contributed by atoms with E-state index in [1.807, 2.05) is 13.0 Å². The molecule has 2 aromatic carbocycles. The molecule has 0 aliphatic rings. The predicted molar refractivity (Wildman–Crippen MR) is 80.9 cm³/mol. The van der Waals surface area contributed by atoms with Crippen molar-refractivity contribution in [2.24, 2.45) is 0 Å². The fraction of sp³-hybridized carbons (Fsp3) is 0.294. The van der Waals surface area contributed by atoms with Crippen LogP contribution in [0.4, 0.5) is 14.5 Å². The second-order valence-corrected chi connectivity index (χ2v) is 4.87. The van der Waals surface area contributed by atoms with Crippen LogP contribution in [0.2, 0.25) is 0 Å². The largest absolute Gasteiger partial charge is 0.435 e. The summed E-state index contributed by atoms with van der Waals surface area (Å²) in [6.07, 6.45) is 1.01. The second kappa shape index (κ2) is 7.07. The van der Waals surface area contributed by atoms with Crippen LogP contribution < -0.4 is 10.1 Å². The zero-order valence-electron chi connectivity index (χ0n) is 12.1. The SMILES string of the molecule is CCc1ccc(C(C)Nc2cccc(OC(F)F)c2)cc1. The fourth-order valence-corrected chi connectivity index (χ4v) is 2.14. The van der Waals surface area contributed by atoms with Crippen LogP contribution in [0, 0.1) is 0 Å². The van der Waals surface area contributed by atoms with Gasteiger partial charge in [0.15, 0.2) is 0 Å². The van der Waals surface area contributed by atoms with E-state index in [9.17, 15) is 8.78 Å². The van der Waals surface area contributed by atoms with Crippen molar-refractivity contribution in [2.45, 2.75) is 32.9 Å². The third kappa shape index (κ3) is 4.45. The molecule has 0 aliphatic heterocycles. The topological polar surface area (TPSA) is 21.3 Å². The van der Waals surface area contributed by atoms with E-state index < -0.39 is 6.61 Å². The molecular formula is C17H19F2NO. The Morgan fingerprint density at radius 2 is 1.81 bits per heavy atom. The molecule has 1 N–H and O–H groups in total. The van der Waals surface area contributed by atoms with Gasteiger partial charge < -0.3 is 10.1 Å². The van der Waals surface area contributed by atoms with E-state index in [4.69, 9.17) is 0 Å². The molecule has 21 heavy (non-hydrogen) atoms. The molecule has 0 radical (unpaired) electrons. The molecule has 2 rings (SSSR count). The van der Waals surface area contributed by atoms with Gasteiger partial charge in [-0.3, -0.25) is 0 Å². The molecule has 0 saturated heterocycles. The van der Waals surface area contributed by atoms with Crippen molar-refractivity contribution < 1.29 is 13.5 Å². The first kappa shape index (κ1) is 15.3. The Labute approximate surface area is 123 Å². The summed E-state index contributed by atoms with van der Waals surface area (Å²) >= 11 is 0. The zero-order chi connectivity index (χ0) is 15.2. The van der Waals surface area contributed by atoms with Gasteiger partial charge in [-0.25, -0.2) is 0 Å². The maximum absolute atomic E-state index is 12.2. The molecule has 1 atom stereocenters. The number of anilines is 1. The van der Waals surface area contributed by atoms with E-state index in [1.165, 1.54) is 11.6 Å². The van der Waals surface area contributed by atoms with Crippen LogP contribution in [0.25, 0.3) is 0 Å². The third-order valence-electron chi connectivity index (χ3n) is 3.33. The van der Waals surface area contributed by atoms with Gasteiger partial charge in [0.1, 0.15) is 5.75 Å². The number of ether oxygens (including phenoxy) is 1. The van der Waals surface area contributed by atoms with Crippen molar-refractivity contribution in [2.75, 3.05) is 5.32 Å². The number of alkyl halides is 2. The van der Waals surface area contributed by atoms with Gasteiger partial charge in [0, 0.05) is 17.8 Å². The van der Waals surface area contributed by atoms with Crippen LogP contribution in [0.1, 0.15) is 31.0 Å². The normalized spacial score (nSPS) is 12.2. The molecule has 112 valence electrons. The maximum atomic E-state index is 12.2. The molecule has 0 saturated carbocycles. The van der Waals surface area contributed by atoms with Crippen molar-refractivity contribution in [3.05, 3.63) is 59.7 Å². The highest BCUT2D eigenvalue weighted by Gasteiger charge is 2.08. The summed E-state index contributed by atoms with van der Waals surface area (Å²) in [5.74, 6) is 0.156. The monoisotopic (exact) mass is 291 g/mol. The Kier molecular flexibility index (Phi) is 5.14. The van der Waals surface area contributed by atoms with Gasteiger partial charge in [-0.1, -0.05) is 37.3 Å². The van der Waals surface area contributed by atoms with Crippen LogP contribution in [-0.4, -0.2) is 6.61 Å². The fourth-order valence-electron chi connectivity index (χ4n) is 2.14.